The number of nitrogens with zero attached hydrogens (tertiary/aromatic N) is 2. The number of furan rings is 1. The van der Waals surface area contributed by atoms with Crippen molar-refractivity contribution in [1.29, 1.82) is 0 Å². The first-order valence-electron chi connectivity index (χ1n) is 8.73. The fourth-order valence-electron chi connectivity index (χ4n) is 3.35. The molecule has 25 heavy (non-hydrogen) atoms. The summed E-state index contributed by atoms with van der Waals surface area (Å²) in [5.41, 5.74) is 1.57. The highest BCUT2D eigenvalue weighted by Gasteiger charge is 2.34. The van der Waals surface area contributed by atoms with Gasteiger partial charge in [0.15, 0.2) is 0 Å². The fraction of sp³-hybridized carbons (Fsp3) is 0.500. The molecule has 1 aliphatic heterocycles. The molecule has 0 radical (unpaired) electrons. The molecule has 0 aromatic carbocycles. The Kier molecular flexibility index (Phi) is 5.21. The minimum atomic E-state index is -0.0210. The Labute approximate surface area is 146 Å². The van der Waals surface area contributed by atoms with Gasteiger partial charge in [0.25, 0.3) is 5.91 Å². The molecule has 7 heteroatoms. The number of hydrogen-bond donors (Lipinski definition) is 2. The molecule has 2 atom stereocenters. The second-order valence-electron chi connectivity index (χ2n) is 6.50. The third-order valence-electron chi connectivity index (χ3n) is 4.68. The van der Waals surface area contributed by atoms with Crippen LogP contribution in [-0.2, 0) is 17.6 Å². The number of hydrogen-bond acceptors (Lipinski definition) is 4. The molecule has 0 bridgehead atoms. The quantitative estimate of drug-likeness (QED) is 0.837. The Hall–Kier alpha value is -2.57. The van der Waals surface area contributed by atoms with Crippen LogP contribution in [0.2, 0.25) is 0 Å². The zero-order valence-corrected chi connectivity index (χ0v) is 14.6. The zero-order valence-electron chi connectivity index (χ0n) is 14.6. The average molecular weight is 344 g/mol. The number of likely N-dealkylation sites (tertiary alicyclic amines) is 1. The van der Waals surface area contributed by atoms with Gasteiger partial charge in [-0.2, -0.15) is 5.10 Å². The monoisotopic (exact) mass is 344 g/mol. The van der Waals surface area contributed by atoms with Crippen LogP contribution in [0.1, 0.15) is 48.5 Å². The summed E-state index contributed by atoms with van der Waals surface area (Å²) < 4.78 is 5.36. The summed E-state index contributed by atoms with van der Waals surface area (Å²) in [5, 5.41) is 9.76. The van der Waals surface area contributed by atoms with Crippen LogP contribution in [0.5, 0.6) is 0 Å². The molecule has 0 spiro atoms. The van der Waals surface area contributed by atoms with E-state index < -0.39 is 0 Å². The summed E-state index contributed by atoms with van der Waals surface area (Å²) in [6.07, 6.45) is 5.72. The Bertz CT molecular complexity index is 723. The lowest BCUT2D eigenvalue weighted by Gasteiger charge is -2.21. The van der Waals surface area contributed by atoms with E-state index >= 15 is 0 Å². The van der Waals surface area contributed by atoms with Crippen LogP contribution in [0.4, 0.5) is 0 Å². The standard InChI is InChI=1S/C18H24N4O3/c1-3-16-15(7-9-25-16)18(24)22-11-14(10-12(22)2)20-17(23)5-4-13-6-8-19-21-13/h6-9,12,14H,3-5,10-11H2,1-2H3,(H,19,21)(H,20,23). The topological polar surface area (TPSA) is 91.2 Å². The van der Waals surface area contributed by atoms with Gasteiger partial charge in [0.1, 0.15) is 5.76 Å². The molecule has 1 aliphatic rings. The van der Waals surface area contributed by atoms with Crippen molar-refractivity contribution in [1.82, 2.24) is 20.4 Å². The molecule has 1 saturated heterocycles. The van der Waals surface area contributed by atoms with Crippen LogP contribution in [0.3, 0.4) is 0 Å². The van der Waals surface area contributed by atoms with Crippen LogP contribution in [0.25, 0.3) is 0 Å². The van der Waals surface area contributed by atoms with Crippen LogP contribution < -0.4 is 5.32 Å². The lowest BCUT2D eigenvalue weighted by Crippen LogP contribution is -2.39. The number of carbonyl (C=O) groups excluding carboxylic acids is 2. The highest BCUT2D eigenvalue weighted by molar-refractivity contribution is 5.95. The number of H-pyrrole nitrogens is 1. The van der Waals surface area contributed by atoms with Gasteiger partial charge in [0, 0.05) is 43.4 Å². The largest absolute Gasteiger partial charge is 0.469 e. The van der Waals surface area contributed by atoms with Crippen molar-refractivity contribution in [2.24, 2.45) is 0 Å². The van der Waals surface area contributed by atoms with Crippen molar-refractivity contribution < 1.29 is 14.0 Å². The van der Waals surface area contributed by atoms with Gasteiger partial charge in [-0.05, 0) is 31.9 Å². The molecule has 2 aromatic rings. The molecule has 0 aliphatic carbocycles. The van der Waals surface area contributed by atoms with Gasteiger partial charge < -0.3 is 14.6 Å². The van der Waals surface area contributed by atoms with E-state index in [4.69, 9.17) is 4.42 Å². The van der Waals surface area contributed by atoms with Crippen molar-refractivity contribution in [3.05, 3.63) is 41.6 Å². The summed E-state index contributed by atoms with van der Waals surface area (Å²) in [6, 6.07) is 3.67. The Balaban J connectivity index is 1.54. The number of aryl methyl sites for hydroxylation is 2. The van der Waals surface area contributed by atoms with Crippen LogP contribution in [0, 0.1) is 0 Å². The molecule has 2 unspecified atom stereocenters. The maximum absolute atomic E-state index is 12.8. The van der Waals surface area contributed by atoms with Crippen molar-refractivity contribution >= 4 is 11.8 Å². The number of nitrogens with one attached hydrogen (secondary N) is 2. The smallest absolute Gasteiger partial charge is 0.257 e. The third kappa shape index (κ3) is 3.92. The van der Waals surface area contributed by atoms with Gasteiger partial charge in [-0.3, -0.25) is 14.7 Å². The fourth-order valence-corrected chi connectivity index (χ4v) is 3.35. The molecule has 2 aromatic heterocycles. The Morgan fingerprint density at radius 2 is 2.28 bits per heavy atom. The molecule has 7 nitrogen and oxygen atoms in total. The normalized spacial score (nSPS) is 20.0. The number of aromatic nitrogens is 2. The van der Waals surface area contributed by atoms with E-state index in [1.165, 1.54) is 0 Å². The summed E-state index contributed by atoms with van der Waals surface area (Å²) in [7, 11) is 0. The van der Waals surface area contributed by atoms with Gasteiger partial charge in [-0.15, -0.1) is 0 Å². The molecule has 134 valence electrons. The maximum atomic E-state index is 12.8. The molecule has 2 amide bonds. The van der Waals surface area contributed by atoms with Crippen molar-refractivity contribution in [3.63, 3.8) is 0 Å². The minimum absolute atomic E-state index is 0.00124. The first-order valence-corrected chi connectivity index (χ1v) is 8.73. The first-order chi connectivity index (χ1) is 12.1. The number of amides is 2. The molecule has 2 N–H and O–H groups in total. The average Bonchev–Trinajstić information content (AvgIpc) is 3.33. The number of carbonyl (C=O) groups is 2. The van der Waals surface area contributed by atoms with E-state index in [9.17, 15) is 9.59 Å². The maximum Gasteiger partial charge on any atom is 0.257 e. The van der Waals surface area contributed by atoms with Gasteiger partial charge >= 0.3 is 0 Å². The highest BCUT2D eigenvalue weighted by atomic mass is 16.3. The van der Waals surface area contributed by atoms with Gasteiger partial charge in [-0.25, -0.2) is 0 Å². The van der Waals surface area contributed by atoms with Crippen molar-refractivity contribution in [2.75, 3.05) is 6.54 Å². The zero-order chi connectivity index (χ0) is 17.8. The van der Waals surface area contributed by atoms with E-state index in [2.05, 4.69) is 15.5 Å². The highest BCUT2D eigenvalue weighted by Crippen LogP contribution is 2.22. The second-order valence-corrected chi connectivity index (χ2v) is 6.50. The van der Waals surface area contributed by atoms with Crippen molar-refractivity contribution in [3.8, 4) is 0 Å². The first kappa shape index (κ1) is 17.3. The van der Waals surface area contributed by atoms with E-state index in [1.807, 2.05) is 24.8 Å². The van der Waals surface area contributed by atoms with E-state index in [1.54, 1.807) is 18.5 Å². The molecule has 3 heterocycles. The lowest BCUT2D eigenvalue weighted by molar-refractivity contribution is -0.121. The SMILES string of the molecule is CCc1occc1C(=O)N1CC(NC(=O)CCc2ccn[nH]2)CC1C. The van der Waals surface area contributed by atoms with Gasteiger partial charge in [-0.1, -0.05) is 6.92 Å². The Morgan fingerprint density at radius 3 is 3.00 bits per heavy atom. The van der Waals surface area contributed by atoms with Crippen LogP contribution in [0.15, 0.2) is 29.0 Å². The minimum Gasteiger partial charge on any atom is -0.469 e. The van der Waals surface area contributed by atoms with Gasteiger partial charge in [0.05, 0.1) is 11.8 Å². The number of rotatable bonds is 6. The number of aromatic amines is 1. The van der Waals surface area contributed by atoms with Crippen LogP contribution in [-0.4, -0.2) is 45.5 Å². The van der Waals surface area contributed by atoms with E-state index in [0.717, 1.165) is 12.1 Å². The van der Waals surface area contributed by atoms with E-state index in [0.29, 0.717) is 37.1 Å². The molecular formula is C18H24N4O3. The predicted molar refractivity (Wildman–Crippen MR) is 92.0 cm³/mol. The Morgan fingerprint density at radius 1 is 1.44 bits per heavy atom. The van der Waals surface area contributed by atoms with Gasteiger partial charge in [0.2, 0.25) is 5.91 Å². The summed E-state index contributed by atoms with van der Waals surface area (Å²) in [4.78, 5) is 26.7. The second kappa shape index (κ2) is 7.55. The third-order valence-corrected chi connectivity index (χ3v) is 4.68. The molecule has 3 rings (SSSR count). The van der Waals surface area contributed by atoms with E-state index in [-0.39, 0.29) is 23.9 Å². The summed E-state index contributed by atoms with van der Waals surface area (Å²) in [5.74, 6) is 0.690. The molecule has 1 fully saturated rings. The lowest BCUT2D eigenvalue weighted by atomic mass is 10.1. The van der Waals surface area contributed by atoms with Crippen LogP contribution >= 0.6 is 0 Å². The molecule has 0 saturated carbocycles. The van der Waals surface area contributed by atoms with Crippen molar-refractivity contribution in [2.45, 2.75) is 51.6 Å². The summed E-state index contributed by atoms with van der Waals surface area (Å²) in [6.45, 7) is 4.51. The predicted octanol–water partition coefficient (Wildman–Crippen LogP) is 1.92. The summed E-state index contributed by atoms with van der Waals surface area (Å²) >= 11 is 0. The molecular weight excluding hydrogens is 320 g/mol.